The topological polar surface area (TPSA) is 21.3 Å². The first-order valence-electron chi connectivity index (χ1n) is 6.79. The van der Waals surface area contributed by atoms with Crippen molar-refractivity contribution in [1.29, 1.82) is 0 Å². The smallest absolute Gasteiger partial charge is 0.120 e. The Hall–Kier alpha value is -0.540. The molecule has 0 aliphatic carbocycles. The molecule has 18 heavy (non-hydrogen) atoms. The summed E-state index contributed by atoms with van der Waals surface area (Å²) >= 11 is 3.45. The monoisotopic (exact) mass is 313 g/mol. The van der Waals surface area contributed by atoms with E-state index in [9.17, 15) is 0 Å². The van der Waals surface area contributed by atoms with Crippen LogP contribution in [-0.4, -0.2) is 19.2 Å². The van der Waals surface area contributed by atoms with E-state index in [4.69, 9.17) is 4.74 Å². The van der Waals surface area contributed by atoms with Gasteiger partial charge in [0.05, 0.1) is 6.61 Å². The summed E-state index contributed by atoms with van der Waals surface area (Å²) in [5.74, 6) is 1.58. The first-order chi connectivity index (χ1) is 8.67. The molecule has 2 atom stereocenters. The van der Waals surface area contributed by atoms with Crippen molar-refractivity contribution in [3.63, 3.8) is 0 Å². The van der Waals surface area contributed by atoms with E-state index in [1.54, 1.807) is 0 Å². The van der Waals surface area contributed by atoms with Gasteiger partial charge in [0, 0.05) is 10.5 Å². The number of halogens is 1. The van der Waals surface area contributed by atoms with Crippen LogP contribution in [0.3, 0.4) is 0 Å². The SMILES string of the molecule is CCNC(CC)C(C)CCOc1cccc(Br)c1. The molecule has 3 heteroatoms. The molecule has 2 nitrogen and oxygen atoms in total. The highest BCUT2D eigenvalue weighted by Crippen LogP contribution is 2.19. The van der Waals surface area contributed by atoms with Gasteiger partial charge in [0.1, 0.15) is 5.75 Å². The standard InChI is InChI=1S/C15H24BrNO/c1-4-15(17-5-2)12(3)9-10-18-14-8-6-7-13(16)11-14/h6-8,11-12,15,17H,4-5,9-10H2,1-3H3. The second kappa shape index (κ2) is 8.54. The molecule has 0 saturated carbocycles. The van der Waals surface area contributed by atoms with Gasteiger partial charge in [0.25, 0.3) is 0 Å². The lowest BCUT2D eigenvalue weighted by molar-refractivity contribution is 0.254. The Balaban J connectivity index is 2.32. The maximum atomic E-state index is 5.77. The number of nitrogens with one attached hydrogen (secondary N) is 1. The predicted molar refractivity (Wildman–Crippen MR) is 81.2 cm³/mol. The van der Waals surface area contributed by atoms with Gasteiger partial charge < -0.3 is 10.1 Å². The van der Waals surface area contributed by atoms with Crippen molar-refractivity contribution in [2.24, 2.45) is 5.92 Å². The lowest BCUT2D eigenvalue weighted by Gasteiger charge is -2.23. The molecule has 2 unspecified atom stereocenters. The van der Waals surface area contributed by atoms with E-state index in [1.807, 2.05) is 24.3 Å². The van der Waals surface area contributed by atoms with Crippen LogP contribution in [0.2, 0.25) is 0 Å². The fraction of sp³-hybridized carbons (Fsp3) is 0.600. The molecule has 0 amide bonds. The Morgan fingerprint density at radius 3 is 2.72 bits per heavy atom. The molecule has 0 aliphatic heterocycles. The number of ether oxygens (including phenoxy) is 1. The summed E-state index contributed by atoms with van der Waals surface area (Å²) in [5, 5.41) is 3.53. The van der Waals surface area contributed by atoms with Crippen LogP contribution in [0.25, 0.3) is 0 Å². The number of hydrogen-bond acceptors (Lipinski definition) is 2. The molecular formula is C15H24BrNO. The maximum Gasteiger partial charge on any atom is 0.120 e. The average molecular weight is 314 g/mol. The summed E-state index contributed by atoms with van der Waals surface area (Å²) in [4.78, 5) is 0. The summed E-state index contributed by atoms with van der Waals surface area (Å²) in [7, 11) is 0. The van der Waals surface area contributed by atoms with Gasteiger partial charge in [0.2, 0.25) is 0 Å². The summed E-state index contributed by atoms with van der Waals surface area (Å²) in [6.07, 6.45) is 2.25. The van der Waals surface area contributed by atoms with Crippen LogP contribution in [0.4, 0.5) is 0 Å². The fourth-order valence-electron chi connectivity index (χ4n) is 2.13. The Kier molecular flexibility index (Phi) is 7.36. The van der Waals surface area contributed by atoms with Crippen molar-refractivity contribution in [2.45, 2.75) is 39.7 Å². The molecular weight excluding hydrogens is 290 g/mol. The van der Waals surface area contributed by atoms with Gasteiger partial charge >= 0.3 is 0 Å². The van der Waals surface area contributed by atoms with Crippen LogP contribution in [0, 0.1) is 5.92 Å². The van der Waals surface area contributed by atoms with E-state index in [-0.39, 0.29) is 0 Å². The molecule has 0 radical (unpaired) electrons. The van der Waals surface area contributed by atoms with Gasteiger partial charge in [-0.3, -0.25) is 0 Å². The van der Waals surface area contributed by atoms with Crippen molar-refractivity contribution in [3.05, 3.63) is 28.7 Å². The van der Waals surface area contributed by atoms with E-state index >= 15 is 0 Å². The van der Waals surface area contributed by atoms with Gasteiger partial charge in [-0.05, 0) is 43.5 Å². The zero-order chi connectivity index (χ0) is 13.4. The first kappa shape index (κ1) is 15.5. The van der Waals surface area contributed by atoms with Gasteiger partial charge in [-0.2, -0.15) is 0 Å². The third-order valence-electron chi connectivity index (χ3n) is 3.23. The minimum Gasteiger partial charge on any atom is -0.494 e. The van der Waals surface area contributed by atoms with Crippen LogP contribution >= 0.6 is 15.9 Å². The van der Waals surface area contributed by atoms with Crippen molar-refractivity contribution in [1.82, 2.24) is 5.32 Å². The van der Waals surface area contributed by atoms with Crippen LogP contribution in [0.15, 0.2) is 28.7 Å². The molecule has 0 aromatic heterocycles. The molecule has 0 spiro atoms. The average Bonchev–Trinajstić information content (AvgIpc) is 2.36. The molecule has 102 valence electrons. The number of rotatable bonds is 8. The van der Waals surface area contributed by atoms with Crippen LogP contribution < -0.4 is 10.1 Å². The highest BCUT2D eigenvalue weighted by molar-refractivity contribution is 9.10. The quantitative estimate of drug-likeness (QED) is 0.775. The molecule has 1 aromatic carbocycles. The van der Waals surface area contributed by atoms with E-state index in [1.165, 1.54) is 6.42 Å². The third kappa shape index (κ3) is 5.40. The molecule has 1 N–H and O–H groups in total. The molecule has 0 heterocycles. The Morgan fingerprint density at radius 1 is 1.33 bits per heavy atom. The highest BCUT2D eigenvalue weighted by Gasteiger charge is 2.13. The summed E-state index contributed by atoms with van der Waals surface area (Å²) in [6, 6.07) is 8.61. The molecule has 0 saturated heterocycles. The lowest BCUT2D eigenvalue weighted by Crippen LogP contribution is -2.34. The summed E-state index contributed by atoms with van der Waals surface area (Å²) < 4.78 is 6.83. The second-order valence-electron chi connectivity index (χ2n) is 4.64. The summed E-state index contributed by atoms with van der Waals surface area (Å²) in [6.45, 7) is 8.50. The molecule has 0 fully saturated rings. The van der Waals surface area contributed by atoms with E-state index < -0.39 is 0 Å². The van der Waals surface area contributed by atoms with Crippen LogP contribution in [0.5, 0.6) is 5.75 Å². The van der Waals surface area contributed by atoms with Gasteiger partial charge in [0.15, 0.2) is 0 Å². The van der Waals surface area contributed by atoms with Crippen LogP contribution in [0.1, 0.15) is 33.6 Å². The highest BCUT2D eigenvalue weighted by atomic mass is 79.9. The Bertz CT molecular complexity index is 343. The Morgan fingerprint density at radius 2 is 2.11 bits per heavy atom. The minimum absolute atomic E-state index is 0.598. The second-order valence-corrected chi connectivity index (χ2v) is 5.56. The number of benzene rings is 1. The zero-order valence-electron chi connectivity index (χ0n) is 11.6. The molecule has 1 rings (SSSR count). The normalized spacial score (nSPS) is 14.2. The molecule has 0 aliphatic rings. The van der Waals surface area contributed by atoms with Gasteiger partial charge in [-0.25, -0.2) is 0 Å². The van der Waals surface area contributed by atoms with E-state index in [2.05, 4.69) is 42.0 Å². The van der Waals surface area contributed by atoms with Crippen molar-refractivity contribution in [2.75, 3.05) is 13.2 Å². The van der Waals surface area contributed by atoms with E-state index in [0.29, 0.717) is 12.0 Å². The Labute approximate surface area is 119 Å². The lowest BCUT2D eigenvalue weighted by atomic mass is 9.96. The molecule has 1 aromatic rings. The molecule has 0 bridgehead atoms. The summed E-state index contributed by atoms with van der Waals surface area (Å²) in [5.41, 5.74) is 0. The first-order valence-corrected chi connectivity index (χ1v) is 7.58. The van der Waals surface area contributed by atoms with Crippen molar-refractivity contribution in [3.8, 4) is 5.75 Å². The largest absolute Gasteiger partial charge is 0.494 e. The fourth-order valence-corrected chi connectivity index (χ4v) is 2.51. The van der Waals surface area contributed by atoms with Crippen LogP contribution in [-0.2, 0) is 0 Å². The number of hydrogen-bond donors (Lipinski definition) is 1. The third-order valence-corrected chi connectivity index (χ3v) is 3.72. The predicted octanol–water partition coefficient (Wildman–Crippen LogP) is 4.24. The maximum absolute atomic E-state index is 5.77. The van der Waals surface area contributed by atoms with Gasteiger partial charge in [-0.15, -0.1) is 0 Å². The van der Waals surface area contributed by atoms with Crippen molar-refractivity contribution >= 4 is 15.9 Å². The van der Waals surface area contributed by atoms with E-state index in [0.717, 1.165) is 29.8 Å². The van der Waals surface area contributed by atoms with Gasteiger partial charge in [-0.1, -0.05) is 42.8 Å². The minimum atomic E-state index is 0.598. The zero-order valence-corrected chi connectivity index (χ0v) is 13.2. The van der Waals surface area contributed by atoms with Crippen molar-refractivity contribution < 1.29 is 4.74 Å².